The van der Waals surface area contributed by atoms with Gasteiger partial charge in [-0.2, -0.15) is 0 Å². The number of aromatic hydroxyl groups is 1. The highest BCUT2D eigenvalue weighted by Gasteiger charge is 2.15. The third-order valence-corrected chi connectivity index (χ3v) is 3.94. The minimum absolute atomic E-state index is 0.0265. The SMILES string of the molecule is O=C(CNS(=O)(=O)c1ccccc1)Nc1ncccc1O. The zero-order chi connectivity index (χ0) is 15.3. The number of carbonyl (C=O) groups excluding carboxylic acids is 1. The summed E-state index contributed by atoms with van der Waals surface area (Å²) in [5, 5.41) is 11.8. The average molecular weight is 307 g/mol. The molecule has 0 saturated carbocycles. The summed E-state index contributed by atoms with van der Waals surface area (Å²) in [7, 11) is -3.75. The molecule has 0 aliphatic rings. The number of anilines is 1. The second kappa shape index (κ2) is 6.33. The van der Waals surface area contributed by atoms with Gasteiger partial charge in [0, 0.05) is 6.20 Å². The molecule has 8 heteroatoms. The van der Waals surface area contributed by atoms with Crippen LogP contribution in [0.2, 0.25) is 0 Å². The van der Waals surface area contributed by atoms with Gasteiger partial charge >= 0.3 is 0 Å². The monoisotopic (exact) mass is 307 g/mol. The number of nitrogens with one attached hydrogen (secondary N) is 2. The maximum Gasteiger partial charge on any atom is 0.241 e. The lowest BCUT2D eigenvalue weighted by Crippen LogP contribution is -2.33. The Hall–Kier alpha value is -2.45. The van der Waals surface area contributed by atoms with Crippen LogP contribution in [0.15, 0.2) is 53.6 Å². The van der Waals surface area contributed by atoms with E-state index in [1.165, 1.54) is 30.5 Å². The van der Waals surface area contributed by atoms with Crippen LogP contribution < -0.4 is 10.0 Å². The van der Waals surface area contributed by atoms with Crippen molar-refractivity contribution in [3.63, 3.8) is 0 Å². The van der Waals surface area contributed by atoms with Crippen LogP contribution in [0, 0.1) is 0 Å². The van der Waals surface area contributed by atoms with Crippen molar-refractivity contribution < 1.29 is 18.3 Å². The minimum Gasteiger partial charge on any atom is -0.504 e. The summed E-state index contributed by atoms with van der Waals surface area (Å²) < 4.78 is 26.0. The number of nitrogens with zero attached hydrogens (tertiary/aromatic N) is 1. The summed E-state index contributed by atoms with van der Waals surface area (Å²) in [5.74, 6) is -0.860. The van der Waals surface area contributed by atoms with Gasteiger partial charge in [0.1, 0.15) is 0 Å². The van der Waals surface area contributed by atoms with Gasteiger partial charge in [-0.1, -0.05) is 18.2 Å². The maximum atomic E-state index is 11.9. The van der Waals surface area contributed by atoms with Crippen molar-refractivity contribution in [3.05, 3.63) is 48.7 Å². The molecule has 1 aromatic carbocycles. The Kier molecular flexibility index (Phi) is 4.51. The summed E-state index contributed by atoms with van der Waals surface area (Å²) in [6, 6.07) is 10.6. The molecule has 21 heavy (non-hydrogen) atoms. The largest absolute Gasteiger partial charge is 0.504 e. The molecule has 0 bridgehead atoms. The Morgan fingerprint density at radius 2 is 1.86 bits per heavy atom. The molecular formula is C13H13N3O4S. The Balaban J connectivity index is 1.97. The second-order valence-electron chi connectivity index (χ2n) is 4.06. The first-order valence-electron chi connectivity index (χ1n) is 5.97. The van der Waals surface area contributed by atoms with Gasteiger partial charge in [-0.15, -0.1) is 0 Å². The van der Waals surface area contributed by atoms with E-state index in [1.54, 1.807) is 18.2 Å². The first-order chi connectivity index (χ1) is 9.99. The molecule has 2 rings (SSSR count). The molecule has 1 heterocycles. The van der Waals surface area contributed by atoms with Crippen molar-refractivity contribution in [2.24, 2.45) is 0 Å². The maximum absolute atomic E-state index is 11.9. The van der Waals surface area contributed by atoms with Gasteiger partial charge in [-0.25, -0.2) is 18.1 Å². The standard InChI is InChI=1S/C13H13N3O4S/c17-11-7-4-8-14-13(11)16-12(18)9-15-21(19,20)10-5-2-1-3-6-10/h1-8,15,17H,9H2,(H,14,16,18). The number of carbonyl (C=O) groups is 1. The number of rotatable bonds is 5. The van der Waals surface area contributed by atoms with E-state index in [0.717, 1.165) is 0 Å². The van der Waals surface area contributed by atoms with Crippen LogP contribution in [-0.2, 0) is 14.8 Å². The quantitative estimate of drug-likeness (QED) is 0.753. The molecular weight excluding hydrogens is 294 g/mol. The predicted octanol–water partition coefficient (Wildman–Crippen LogP) is 0.704. The Bertz CT molecular complexity index is 732. The summed E-state index contributed by atoms with van der Waals surface area (Å²) in [6.07, 6.45) is 1.39. The molecule has 7 nitrogen and oxygen atoms in total. The van der Waals surface area contributed by atoms with Crippen LogP contribution in [0.5, 0.6) is 5.75 Å². The molecule has 2 aromatic rings. The number of benzene rings is 1. The van der Waals surface area contributed by atoms with Crippen LogP contribution in [0.25, 0.3) is 0 Å². The van der Waals surface area contributed by atoms with Crippen LogP contribution in [0.4, 0.5) is 5.82 Å². The molecule has 0 saturated heterocycles. The van der Waals surface area contributed by atoms with Gasteiger partial charge in [0.2, 0.25) is 15.9 Å². The molecule has 0 unspecified atom stereocenters. The van der Waals surface area contributed by atoms with Gasteiger partial charge in [-0.05, 0) is 24.3 Å². The van der Waals surface area contributed by atoms with Gasteiger partial charge < -0.3 is 10.4 Å². The first-order valence-corrected chi connectivity index (χ1v) is 7.46. The number of sulfonamides is 1. The normalized spacial score (nSPS) is 11.0. The van der Waals surface area contributed by atoms with Crippen molar-refractivity contribution in [1.82, 2.24) is 9.71 Å². The molecule has 0 radical (unpaired) electrons. The number of pyridine rings is 1. The Labute approximate surface area is 121 Å². The third-order valence-electron chi connectivity index (χ3n) is 2.52. The van der Waals surface area contributed by atoms with Crippen molar-refractivity contribution >= 4 is 21.7 Å². The topological polar surface area (TPSA) is 108 Å². The zero-order valence-electron chi connectivity index (χ0n) is 10.9. The molecule has 0 fully saturated rings. The highest BCUT2D eigenvalue weighted by atomic mass is 32.2. The molecule has 1 amide bonds. The fourth-order valence-corrected chi connectivity index (χ4v) is 2.52. The number of amides is 1. The van der Waals surface area contributed by atoms with Gasteiger partial charge in [0.05, 0.1) is 11.4 Å². The van der Waals surface area contributed by atoms with Crippen molar-refractivity contribution in [1.29, 1.82) is 0 Å². The minimum atomic E-state index is -3.75. The van der Waals surface area contributed by atoms with Gasteiger partial charge in [-0.3, -0.25) is 4.79 Å². The molecule has 0 atom stereocenters. The van der Waals surface area contributed by atoms with Crippen LogP contribution in [0.3, 0.4) is 0 Å². The van der Waals surface area contributed by atoms with Crippen molar-refractivity contribution in [3.8, 4) is 5.75 Å². The molecule has 0 spiro atoms. The van der Waals surface area contributed by atoms with Gasteiger partial charge in [0.25, 0.3) is 0 Å². The van der Waals surface area contributed by atoms with E-state index in [0.29, 0.717) is 0 Å². The first kappa shape index (κ1) is 14.9. The lowest BCUT2D eigenvalue weighted by atomic mass is 10.4. The van der Waals surface area contributed by atoms with E-state index in [2.05, 4.69) is 15.0 Å². The van der Waals surface area contributed by atoms with E-state index in [-0.39, 0.29) is 16.5 Å². The third kappa shape index (κ3) is 4.01. The van der Waals surface area contributed by atoms with E-state index < -0.39 is 22.5 Å². The van der Waals surface area contributed by atoms with Crippen LogP contribution in [0.1, 0.15) is 0 Å². The molecule has 0 aliphatic heterocycles. The fraction of sp³-hybridized carbons (Fsp3) is 0.0769. The van der Waals surface area contributed by atoms with E-state index in [4.69, 9.17) is 0 Å². The summed E-state index contributed by atoms with van der Waals surface area (Å²) in [4.78, 5) is 15.5. The summed E-state index contributed by atoms with van der Waals surface area (Å²) >= 11 is 0. The second-order valence-corrected chi connectivity index (χ2v) is 5.82. The highest BCUT2D eigenvalue weighted by Crippen LogP contribution is 2.17. The summed E-state index contributed by atoms with van der Waals surface area (Å²) in [5.41, 5.74) is 0. The van der Waals surface area contributed by atoms with Crippen molar-refractivity contribution in [2.75, 3.05) is 11.9 Å². The Morgan fingerprint density at radius 1 is 1.14 bits per heavy atom. The van der Waals surface area contributed by atoms with E-state index >= 15 is 0 Å². The van der Waals surface area contributed by atoms with E-state index in [1.807, 2.05) is 0 Å². The van der Waals surface area contributed by atoms with Crippen LogP contribution >= 0.6 is 0 Å². The molecule has 3 N–H and O–H groups in total. The highest BCUT2D eigenvalue weighted by molar-refractivity contribution is 7.89. The van der Waals surface area contributed by atoms with Crippen LogP contribution in [-0.4, -0.2) is 31.0 Å². The van der Waals surface area contributed by atoms with Gasteiger partial charge in [0.15, 0.2) is 11.6 Å². The molecule has 1 aromatic heterocycles. The lowest BCUT2D eigenvalue weighted by molar-refractivity contribution is -0.115. The van der Waals surface area contributed by atoms with Crippen molar-refractivity contribution in [2.45, 2.75) is 4.90 Å². The molecule has 0 aliphatic carbocycles. The Morgan fingerprint density at radius 3 is 2.52 bits per heavy atom. The lowest BCUT2D eigenvalue weighted by Gasteiger charge is -2.08. The number of aromatic nitrogens is 1. The zero-order valence-corrected chi connectivity index (χ0v) is 11.7. The summed E-state index contributed by atoms with van der Waals surface area (Å²) in [6.45, 7) is -0.465. The molecule has 110 valence electrons. The smallest absolute Gasteiger partial charge is 0.241 e. The van der Waals surface area contributed by atoms with E-state index in [9.17, 15) is 18.3 Å². The number of hydrogen-bond acceptors (Lipinski definition) is 5. The average Bonchev–Trinajstić information content (AvgIpc) is 2.49. The predicted molar refractivity (Wildman–Crippen MR) is 76.2 cm³/mol. The fourth-order valence-electron chi connectivity index (χ4n) is 1.51. The number of hydrogen-bond donors (Lipinski definition) is 3.